The number of allylic oxidation sites excluding steroid dienone is 5. The number of amides is 1. The second-order valence-electron chi connectivity index (χ2n) is 21.8. The largest absolute Gasteiger partial charge is 0.394 e. The number of carbonyl (C=O) groups excluding carboxylic acids is 1. The van der Waals surface area contributed by atoms with Crippen molar-refractivity contribution in [2.45, 2.75) is 304 Å². The third-order valence-corrected chi connectivity index (χ3v) is 15.2. The van der Waals surface area contributed by atoms with Gasteiger partial charge in [0.1, 0.15) is 73.2 Å². The molecule has 12 N–H and O–H groups in total. The summed E-state index contributed by atoms with van der Waals surface area (Å²) in [6.07, 6.45) is 18.6. The van der Waals surface area contributed by atoms with E-state index >= 15 is 0 Å². The maximum atomic E-state index is 13.2. The van der Waals surface area contributed by atoms with Crippen molar-refractivity contribution < 1.29 is 89.4 Å². The van der Waals surface area contributed by atoms with Crippen LogP contribution in [-0.4, -0.2) is 193 Å². The predicted molar refractivity (Wildman–Crippen MR) is 296 cm³/mol. The van der Waals surface area contributed by atoms with E-state index in [9.17, 15) is 61.0 Å². The molecule has 78 heavy (non-hydrogen) atoms. The molecule has 0 saturated carbocycles. The fourth-order valence-corrected chi connectivity index (χ4v) is 10.2. The van der Waals surface area contributed by atoms with Gasteiger partial charge < -0.3 is 89.9 Å². The number of hydrogen-bond acceptors (Lipinski definition) is 18. The van der Waals surface area contributed by atoms with Gasteiger partial charge in [-0.15, -0.1) is 0 Å². The topological polar surface area (TPSA) is 307 Å². The Hall–Kier alpha value is -1.99. The zero-order chi connectivity index (χ0) is 56.9. The number of ether oxygens (including phenoxy) is 6. The van der Waals surface area contributed by atoms with E-state index in [1.54, 1.807) is 6.08 Å². The molecule has 0 aromatic carbocycles. The minimum absolute atomic E-state index is 0.233. The molecule has 3 heterocycles. The quantitative estimate of drug-likeness (QED) is 0.0271. The van der Waals surface area contributed by atoms with Gasteiger partial charge in [-0.1, -0.05) is 185 Å². The number of nitrogens with one attached hydrogen (secondary N) is 1. The fraction of sp³-hybridized carbons (Fsp3) is 0.881. The van der Waals surface area contributed by atoms with E-state index in [2.05, 4.69) is 43.5 Å². The number of aliphatic hydroxyl groups is 11. The highest BCUT2D eigenvalue weighted by Crippen LogP contribution is 2.33. The lowest BCUT2D eigenvalue weighted by Gasteiger charge is -2.48. The van der Waals surface area contributed by atoms with E-state index in [4.69, 9.17) is 28.4 Å². The molecule has 19 heteroatoms. The van der Waals surface area contributed by atoms with Crippen LogP contribution in [0.5, 0.6) is 0 Å². The first-order valence-electron chi connectivity index (χ1n) is 30.2. The third-order valence-electron chi connectivity index (χ3n) is 15.2. The Kier molecular flexibility index (Phi) is 38.5. The van der Waals surface area contributed by atoms with Gasteiger partial charge in [-0.25, -0.2) is 0 Å². The van der Waals surface area contributed by atoms with Crippen molar-refractivity contribution in [2.75, 3.05) is 26.4 Å². The molecule has 3 fully saturated rings. The van der Waals surface area contributed by atoms with Gasteiger partial charge in [-0.3, -0.25) is 4.79 Å². The average Bonchev–Trinajstić information content (AvgIpc) is 3.45. The Morgan fingerprint density at radius 1 is 0.449 bits per heavy atom. The van der Waals surface area contributed by atoms with Crippen LogP contribution in [0.4, 0.5) is 0 Å². The van der Waals surface area contributed by atoms with E-state index in [-0.39, 0.29) is 18.9 Å². The van der Waals surface area contributed by atoms with Crippen molar-refractivity contribution in [3.63, 3.8) is 0 Å². The average molecular weight is 1120 g/mol. The summed E-state index contributed by atoms with van der Waals surface area (Å²) in [5, 5.41) is 120. The predicted octanol–water partition coefficient (Wildman–Crippen LogP) is 5.32. The van der Waals surface area contributed by atoms with E-state index < -0.39 is 124 Å². The maximum absolute atomic E-state index is 13.2. The molecule has 1 amide bonds. The van der Waals surface area contributed by atoms with E-state index in [0.29, 0.717) is 12.8 Å². The summed E-state index contributed by atoms with van der Waals surface area (Å²) >= 11 is 0. The lowest BCUT2D eigenvalue weighted by atomic mass is 9.96. The number of aliphatic hydroxyl groups excluding tert-OH is 11. The molecule has 0 radical (unpaired) electrons. The Labute approximate surface area is 466 Å². The Morgan fingerprint density at radius 2 is 0.821 bits per heavy atom. The van der Waals surface area contributed by atoms with Gasteiger partial charge >= 0.3 is 0 Å². The van der Waals surface area contributed by atoms with Crippen LogP contribution in [0, 0.1) is 0 Å². The van der Waals surface area contributed by atoms with Crippen molar-refractivity contribution in [3.8, 4) is 0 Å². The highest BCUT2D eigenvalue weighted by molar-refractivity contribution is 5.76. The minimum atomic E-state index is -1.98. The summed E-state index contributed by atoms with van der Waals surface area (Å²) in [4.78, 5) is 13.2. The molecular formula is C59H107NO18. The first kappa shape index (κ1) is 70.3. The molecule has 17 atom stereocenters. The SMILES string of the molecule is CCCCCCCCCCCCCCC/C=C/CC/C=C/CC/C=C/C(O)C(COC1OC(CO)C(OC2OC(CO)C(OC3OC(CO)C(O)C(O)C3O)C(O)C2O)C(O)C1O)NC(=O)CCCCCCCCCCCC. The van der Waals surface area contributed by atoms with Crippen molar-refractivity contribution in [1.29, 1.82) is 0 Å². The zero-order valence-electron chi connectivity index (χ0n) is 47.4. The van der Waals surface area contributed by atoms with Gasteiger partial charge in [-0.05, 0) is 44.9 Å². The van der Waals surface area contributed by atoms with E-state index in [1.807, 2.05) is 6.08 Å². The molecule has 0 bridgehead atoms. The molecule has 17 unspecified atom stereocenters. The molecule has 3 saturated heterocycles. The number of unbranched alkanes of at least 4 members (excludes halogenated alkanes) is 24. The van der Waals surface area contributed by atoms with Gasteiger partial charge in [-0.2, -0.15) is 0 Å². The highest BCUT2D eigenvalue weighted by Gasteiger charge is 2.53. The molecule has 456 valence electrons. The maximum Gasteiger partial charge on any atom is 0.220 e. The molecule has 3 aliphatic heterocycles. The number of rotatable bonds is 44. The summed E-state index contributed by atoms with van der Waals surface area (Å²) in [5.74, 6) is -0.293. The highest BCUT2D eigenvalue weighted by atomic mass is 16.8. The molecule has 0 aromatic rings. The van der Waals surface area contributed by atoms with Crippen LogP contribution < -0.4 is 5.32 Å². The van der Waals surface area contributed by atoms with Crippen LogP contribution in [0.2, 0.25) is 0 Å². The molecule has 0 spiro atoms. The summed E-state index contributed by atoms with van der Waals surface area (Å²) in [6, 6.07) is -0.991. The standard InChI is InChI=1S/C59H107NO18/c1-3-5-7-9-11-13-15-16-17-18-19-20-21-22-23-24-25-26-27-28-30-32-34-36-43(64)42(60-47(65)37-35-33-31-29-14-12-10-8-6-4-2)41-73-57-53(71)50(68)55(45(39-62)75-57)78-59-54(72)51(69)56(46(40-63)76-59)77-58-52(70)49(67)48(66)44(38-61)74-58/h23-24,27-28,34,36,42-46,48-59,61-64,66-72H,3-22,25-26,29-33,35,37-41H2,1-2H3,(H,60,65)/b24-23+,28-27+,36-34+. The first-order valence-corrected chi connectivity index (χ1v) is 30.2. The Bertz CT molecular complexity index is 1570. The van der Waals surface area contributed by atoms with E-state index in [1.165, 1.54) is 122 Å². The lowest BCUT2D eigenvalue weighted by molar-refractivity contribution is -0.379. The number of hydrogen-bond donors (Lipinski definition) is 12. The van der Waals surface area contributed by atoms with E-state index in [0.717, 1.165) is 44.9 Å². The van der Waals surface area contributed by atoms with Gasteiger partial charge in [0.15, 0.2) is 18.9 Å². The minimum Gasteiger partial charge on any atom is -0.394 e. The molecule has 0 aliphatic carbocycles. The van der Waals surface area contributed by atoms with Crippen LogP contribution in [0.3, 0.4) is 0 Å². The normalized spacial score (nSPS) is 30.7. The fourth-order valence-electron chi connectivity index (χ4n) is 10.2. The number of carbonyl (C=O) groups is 1. The van der Waals surface area contributed by atoms with Gasteiger partial charge in [0.25, 0.3) is 0 Å². The molecule has 3 aliphatic rings. The van der Waals surface area contributed by atoms with Gasteiger partial charge in [0.05, 0.1) is 38.6 Å². The Morgan fingerprint density at radius 3 is 1.28 bits per heavy atom. The van der Waals surface area contributed by atoms with Gasteiger partial charge in [0, 0.05) is 6.42 Å². The summed E-state index contributed by atoms with van der Waals surface area (Å²) in [5.41, 5.74) is 0. The smallest absolute Gasteiger partial charge is 0.220 e. The molecular weight excluding hydrogens is 1010 g/mol. The van der Waals surface area contributed by atoms with Crippen LogP contribution in [0.15, 0.2) is 36.5 Å². The second-order valence-corrected chi connectivity index (χ2v) is 21.8. The molecule has 0 aromatic heterocycles. The van der Waals surface area contributed by atoms with Crippen LogP contribution in [0.25, 0.3) is 0 Å². The lowest BCUT2D eigenvalue weighted by Crippen LogP contribution is -2.66. The summed E-state index contributed by atoms with van der Waals surface area (Å²) in [7, 11) is 0. The van der Waals surface area contributed by atoms with Crippen molar-refractivity contribution in [3.05, 3.63) is 36.5 Å². The van der Waals surface area contributed by atoms with Crippen molar-refractivity contribution in [1.82, 2.24) is 5.32 Å². The third kappa shape index (κ3) is 26.5. The van der Waals surface area contributed by atoms with Crippen molar-refractivity contribution >= 4 is 5.91 Å². The summed E-state index contributed by atoms with van der Waals surface area (Å²) in [6.45, 7) is 1.67. The summed E-state index contributed by atoms with van der Waals surface area (Å²) < 4.78 is 34.2. The second kappa shape index (κ2) is 42.8. The van der Waals surface area contributed by atoms with Crippen LogP contribution in [-0.2, 0) is 33.2 Å². The molecule has 19 nitrogen and oxygen atoms in total. The van der Waals surface area contributed by atoms with Gasteiger partial charge in [0.2, 0.25) is 5.91 Å². The first-order chi connectivity index (χ1) is 37.8. The molecule has 3 rings (SSSR count). The van der Waals surface area contributed by atoms with Crippen LogP contribution >= 0.6 is 0 Å². The van der Waals surface area contributed by atoms with Crippen molar-refractivity contribution in [2.24, 2.45) is 0 Å². The monoisotopic (exact) mass is 1120 g/mol. The zero-order valence-corrected chi connectivity index (χ0v) is 47.4. The van der Waals surface area contributed by atoms with Crippen LogP contribution in [0.1, 0.15) is 200 Å². The Balaban J connectivity index is 1.49.